The van der Waals surface area contributed by atoms with Crippen molar-refractivity contribution in [2.24, 2.45) is 11.7 Å². The largest absolute Gasteiger partial charge is 0.332 e. The number of hydrogen-bond donors (Lipinski definition) is 1. The minimum atomic E-state index is -0.718. The lowest BCUT2D eigenvalue weighted by Gasteiger charge is -2.23. The number of nitrogens with zero attached hydrogens (tertiary/aromatic N) is 3. The Morgan fingerprint density at radius 2 is 2.38 bits per heavy atom. The fourth-order valence-electron chi connectivity index (χ4n) is 2.09. The van der Waals surface area contributed by atoms with Crippen LogP contribution in [-0.2, 0) is 6.54 Å². The highest BCUT2D eigenvalue weighted by Gasteiger charge is 2.43. The topological polar surface area (TPSA) is 67.6 Å². The van der Waals surface area contributed by atoms with Crippen molar-refractivity contribution >= 4 is 0 Å². The van der Waals surface area contributed by atoms with Crippen molar-refractivity contribution in [1.82, 2.24) is 9.55 Å². The zero-order chi connectivity index (χ0) is 11.8. The Bertz CT molecular complexity index is 411. The molecule has 0 bridgehead atoms. The van der Waals surface area contributed by atoms with E-state index in [1.54, 1.807) is 6.20 Å². The van der Waals surface area contributed by atoms with E-state index in [0.717, 1.165) is 18.7 Å². The predicted molar refractivity (Wildman–Crippen MR) is 61.6 cm³/mol. The van der Waals surface area contributed by atoms with Crippen molar-refractivity contribution in [2.45, 2.75) is 44.7 Å². The summed E-state index contributed by atoms with van der Waals surface area (Å²) in [6.07, 6.45) is 5.85. The molecule has 16 heavy (non-hydrogen) atoms. The summed E-state index contributed by atoms with van der Waals surface area (Å²) < 4.78 is 2.02. The van der Waals surface area contributed by atoms with E-state index in [-0.39, 0.29) is 0 Å². The van der Waals surface area contributed by atoms with E-state index in [1.807, 2.05) is 10.8 Å². The monoisotopic (exact) mass is 218 g/mol. The maximum absolute atomic E-state index is 9.22. The Hall–Kier alpha value is -1.34. The summed E-state index contributed by atoms with van der Waals surface area (Å²) in [6.45, 7) is 4.75. The second kappa shape index (κ2) is 3.91. The minimum absolute atomic E-state index is 0.358. The first-order chi connectivity index (χ1) is 7.57. The maximum atomic E-state index is 9.22. The van der Waals surface area contributed by atoms with Crippen LogP contribution < -0.4 is 5.73 Å². The first-order valence-corrected chi connectivity index (χ1v) is 5.78. The molecule has 0 spiro atoms. The van der Waals surface area contributed by atoms with E-state index in [1.165, 1.54) is 0 Å². The Kier molecular flexibility index (Phi) is 2.73. The second-order valence-corrected chi connectivity index (χ2v) is 4.99. The summed E-state index contributed by atoms with van der Waals surface area (Å²) in [5, 5.41) is 9.22. The van der Waals surface area contributed by atoms with Crippen molar-refractivity contribution < 1.29 is 0 Å². The van der Waals surface area contributed by atoms with Gasteiger partial charge in [-0.3, -0.25) is 0 Å². The molecule has 0 radical (unpaired) electrons. The summed E-state index contributed by atoms with van der Waals surface area (Å²) in [5.74, 6) is 1.72. The zero-order valence-corrected chi connectivity index (χ0v) is 9.85. The average Bonchev–Trinajstić information content (AvgIpc) is 3.00. The molecule has 2 rings (SSSR count). The molecule has 0 aliphatic heterocycles. The number of nitriles is 1. The van der Waals surface area contributed by atoms with Gasteiger partial charge in [0.1, 0.15) is 11.4 Å². The standard InChI is InChI=1S/C12H18N4/c1-9(2)11-15-5-6-16(11)8-12(14,7-13)10-3-4-10/h5-6,9-10H,3-4,8,14H2,1-2H3. The van der Waals surface area contributed by atoms with Gasteiger partial charge in [-0.2, -0.15) is 5.26 Å². The lowest BCUT2D eigenvalue weighted by molar-refractivity contribution is 0.395. The molecule has 0 aromatic carbocycles. The van der Waals surface area contributed by atoms with E-state index in [2.05, 4.69) is 24.9 Å². The van der Waals surface area contributed by atoms with Gasteiger partial charge in [0, 0.05) is 18.3 Å². The zero-order valence-electron chi connectivity index (χ0n) is 9.85. The molecule has 4 nitrogen and oxygen atoms in total. The van der Waals surface area contributed by atoms with E-state index in [9.17, 15) is 5.26 Å². The molecule has 1 atom stereocenters. The molecule has 1 aliphatic carbocycles. The molecular formula is C12H18N4. The quantitative estimate of drug-likeness (QED) is 0.835. The second-order valence-electron chi connectivity index (χ2n) is 4.99. The number of aromatic nitrogens is 2. The summed E-state index contributed by atoms with van der Waals surface area (Å²) in [7, 11) is 0. The van der Waals surface area contributed by atoms with Gasteiger partial charge in [0.15, 0.2) is 0 Å². The van der Waals surface area contributed by atoms with Crippen LogP contribution in [0.5, 0.6) is 0 Å². The molecule has 1 fully saturated rings. The van der Waals surface area contributed by atoms with Gasteiger partial charge in [-0.1, -0.05) is 13.8 Å². The van der Waals surface area contributed by atoms with Crippen molar-refractivity contribution in [3.05, 3.63) is 18.2 Å². The van der Waals surface area contributed by atoms with Crippen LogP contribution >= 0.6 is 0 Å². The van der Waals surface area contributed by atoms with Crippen LogP contribution in [0.25, 0.3) is 0 Å². The number of rotatable bonds is 4. The molecule has 2 N–H and O–H groups in total. The molecule has 1 aromatic rings. The SMILES string of the molecule is CC(C)c1nccn1CC(N)(C#N)C1CC1. The molecule has 1 aromatic heterocycles. The van der Waals surface area contributed by atoms with Gasteiger partial charge < -0.3 is 10.3 Å². The van der Waals surface area contributed by atoms with Crippen LogP contribution in [0.4, 0.5) is 0 Å². The van der Waals surface area contributed by atoms with Gasteiger partial charge in [0.05, 0.1) is 12.6 Å². The first-order valence-electron chi connectivity index (χ1n) is 5.78. The van der Waals surface area contributed by atoms with Crippen LogP contribution in [-0.4, -0.2) is 15.1 Å². The van der Waals surface area contributed by atoms with Crippen molar-refractivity contribution in [3.8, 4) is 6.07 Å². The van der Waals surface area contributed by atoms with Crippen molar-refractivity contribution in [2.75, 3.05) is 0 Å². The van der Waals surface area contributed by atoms with Gasteiger partial charge in [-0.15, -0.1) is 0 Å². The fraction of sp³-hybridized carbons (Fsp3) is 0.667. The van der Waals surface area contributed by atoms with Crippen LogP contribution in [0.2, 0.25) is 0 Å². The molecule has 1 unspecified atom stereocenters. The molecule has 4 heteroatoms. The molecule has 86 valence electrons. The van der Waals surface area contributed by atoms with Crippen LogP contribution in [0, 0.1) is 17.2 Å². The molecule has 1 heterocycles. The lowest BCUT2D eigenvalue weighted by atomic mass is 9.96. The third-order valence-electron chi connectivity index (χ3n) is 3.21. The normalized spacial score (nSPS) is 19.4. The Morgan fingerprint density at radius 1 is 1.69 bits per heavy atom. The highest BCUT2D eigenvalue weighted by molar-refractivity contribution is 5.14. The fourth-order valence-corrected chi connectivity index (χ4v) is 2.09. The van der Waals surface area contributed by atoms with E-state index in [0.29, 0.717) is 18.4 Å². The van der Waals surface area contributed by atoms with E-state index in [4.69, 9.17) is 5.73 Å². The highest BCUT2D eigenvalue weighted by atomic mass is 15.1. The van der Waals surface area contributed by atoms with E-state index < -0.39 is 5.54 Å². The van der Waals surface area contributed by atoms with E-state index >= 15 is 0 Å². The Labute approximate surface area is 96.1 Å². The lowest BCUT2D eigenvalue weighted by Crippen LogP contribution is -2.45. The number of imidazole rings is 1. The molecule has 1 aliphatic rings. The highest BCUT2D eigenvalue weighted by Crippen LogP contribution is 2.39. The number of nitrogens with two attached hydrogens (primary N) is 1. The van der Waals surface area contributed by atoms with Gasteiger partial charge >= 0.3 is 0 Å². The van der Waals surface area contributed by atoms with Gasteiger partial charge in [-0.25, -0.2) is 4.98 Å². The summed E-state index contributed by atoms with van der Waals surface area (Å²) in [4.78, 5) is 4.31. The van der Waals surface area contributed by atoms with Crippen LogP contribution in [0.3, 0.4) is 0 Å². The molecule has 0 amide bonds. The van der Waals surface area contributed by atoms with Crippen molar-refractivity contribution in [1.29, 1.82) is 5.26 Å². The van der Waals surface area contributed by atoms with Gasteiger partial charge in [0.25, 0.3) is 0 Å². The van der Waals surface area contributed by atoms with Gasteiger partial charge in [0.2, 0.25) is 0 Å². The summed E-state index contributed by atoms with van der Waals surface area (Å²) in [5.41, 5.74) is 5.44. The molecule has 0 saturated heterocycles. The maximum Gasteiger partial charge on any atom is 0.125 e. The first kappa shape index (κ1) is 11.2. The average molecular weight is 218 g/mol. The summed E-state index contributed by atoms with van der Waals surface area (Å²) >= 11 is 0. The predicted octanol–water partition coefficient (Wildman–Crippen LogP) is 1.64. The van der Waals surface area contributed by atoms with Crippen LogP contribution in [0.1, 0.15) is 38.4 Å². The van der Waals surface area contributed by atoms with Crippen molar-refractivity contribution in [3.63, 3.8) is 0 Å². The van der Waals surface area contributed by atoms with Crippen LogP contribution in [0.15, 0.2) is 12.4 Å². The van der Waals surface area contributed by atoms with Gasteiger partial charge in [-0.05, 0) is 18.8 Å². The minimum Gasteiger partial charge on any atom is -0.332 e. The smallest absolute Gasteiger partial charge is 0.125 e. The Morgan fingerprint density at radius 3 is 2.88 bits per heavy atom. The Balaban J connectivity index is 2.19. The summed E-state index contributed by atoms with van der Waals surface area (Å²) in [6, 6.07) is 2.27. The molecule has 1 saturated carbocycles. The third-order valence-corrected chi connectivity index (χ3v) is 3.21. The number of hydrogen-bond acceptors (Lipinski definition) is 3. The third kappa shape index (κ3) is 1.96. The molecular weight excluding hydrogens is 200 g/mol.